The van der Waals surface area contributed by atoms with Crippen molar-refractivity contribution >= 4 is 11.8 Å². The maximum atomic E-state index is 12.9. The largest absolute Gasteiger partial charge is 0.340 e. The van der Waals surface area contributed by atoms with Gasteiger partial charge in [-0.1, -0.05) is 34.6 Å². The van der Waals surface area contributed by atoms with Gasteiger partial charge in [0, 0.05) is 77.3 Å². The predicted molar refractivity (Wildman–Crippen MR) is 142 cm³/mol. The Balaban J connectivity index is 1.24. The highest BCUT2D eigenvalue weighted by atomic mass is 16.2. The van der Waals surface area contributed by atoms with E-state index in [1.165, 1.54) is 12.8 Å². The summed E-state index contributed by atoms with van der Waals surface area (Å²) in [5, 5.41) is 0. The topological polar surface area (TPSA) is 47.1 Å². The first-order chi connectivity index (χ1) is 16.5. The Hall–Kier alpha value is -1.14. The van der Waals surface area contributed by atoms with Gasteiger partial charge < -0.3 is 19.6 Å². The van der Waals surface area contributed by atoms with E-state index in [0.717, 1.165) is 97.3 Å². The maximum Gasteiger partial charge on any atom is 0.222 e. The molecule has 4 saturated heterocycles. The molecule has 0 spiro atoms. The number of amides is 2. The number of nitrogens with zero attached hydrogens (tertiary/aromatic N) is 4. The number of likely N-dealkylation sites (tertiary alicyclic amines) is 4. The van der Waals surface area contributed by atoms with Crippen LogP contribution in [-0.2, 0) is 9.59 Å². The van der Waals surface area contributed by atoms with E-state index >= 15 is 0 Å². The molecule has 6 nitrogen and oxygen atoms in total. The third-order valence-corrected chi connectivity index (χ3v) is 8.78. The highest BCUT2D eigenvalue weighted by Gasteiger charge is 2.38. The SMILES string of the molecule is CC(C)(C)CN1CC[C@@H](N2CC(CC(C)(C)CN3CCC(N4CCCCC4=O)CC3)CCC2=O)C1. The lowest BCUT2D eigenvalue weighted by Crippen LogP contribution is -2.51. The Morgan fingerprint density at radius 1 is 0.686 bits per heavy atom. The Kier molecular flexibility index (Phi) is 8.52. The summed E-state index contributed by atoms with van der Waals surface area (Å²) in [6.45, 7) is 20.3. The van der Waals surface area contributed by atoms with Gasteiger partial charge in [0.15, 0.2) is 0 Å². The summed E-state index contributed by atoms with van der Waals surface area (Å²) < 4.78 is 0. The smallest absolute Gasteiger partial charge is 0.222 e. The molecule has 0 bridgehead atoms. The van der Waals surface area contributed by atoms with E-state index in [4.69, 9.17) is 0 Å². The summed E-state index contributed by atoms with van der Waals surface area (Å²) in [4.78, 5) is 34.8. The lowest BCUT2D eigenvalue weighted by molar-refractivity contribution is -0.138. The van der Waals surface area contributed by atoms with E-state index in [-0.39, 0.29) is 5.41 Å². The fraction of sp³-hybridized carbons (Fsp3) is 0.931. The van der Waals surface area contributed by atoms with E-state index in [2.05, 4.69) is 54.2 Å². The van der Waals surface area contributed by atoms with Gasteiger partial charge in [0.25, 0.3) is 0 Å². The van der Waals surface area contributed by atoms with Crippen molar-refractivity contribution in [3.63, 3.8) is 0 Å². The van der Waals surface area contributed by atoms with Crippen molar-refractivity contribution in [2.24, 2.45) is 16.7 Å². The molecule has 0 N–H and O–H groups in total. The molecule has 4 rings (SSSR count). The van der Waals surface area contributed by atoms with Crippen molar-refractivity contribution in [3.05, 3.63) is 0 Å². The van der Waals surface area contributed by atoms with Crippen LogP contribution in [0.2, 0.25) is 0 Å². The number of carbonyl (C=O) groups is 2. The van der Waals surface area contributed by atoms with Gasteiger partial charge >= 0.3 is 0 Å². The predicted octanol–water partition coefficient (Wildman–Crippen LogP) is 4.24. The zero-order valence-electron chi connectivity index (χ0n) is 23.4. The number of carbonyl (C=O) groups excluding carboxylic acids is 2. The molecule has 6 heteroatoms. The van der Waals surface area contributed by atoms with Crippen LogP contribution in [0, 0.1) is 16.7 Å². The number of hydrogen-bond acceptors (Lipinski definition) is 4. The summed E-state index contributed by atoms with van der Waals surface area (Å²) in [5.74, 6) is 1.38. The van der Waals surface area contributed by atoms with Crippen LogP contribution in [0.3, 0.4) is 0 Å². The van der Waals surface area contributed by atoms with Crippen LogP contribution in [0.4, 0.5) is 0 Å². The van der Waals surface area contributed by atoms with Gasteiger partial charge in [0.2, 0.25) is 11.8 Å². The van der Waals surface area contributed by atoms with Crippen molar-refractivity contribution in [1.29, 1.82) is 0 Å². The third kappa shape index (κ3) is 7.44. The summed E-state index contributed by atoms with van der Waals surface area (Å²) in [6, 6.07) is 0.872. The first-order valence-electron chi connectivity index (χ1n) is 14.5. The molecule has 2 atom stereocenters. The second kappa shape index (κ2) is 11.1. The Morgan fingerprint density at radius 2 is 1.34 bits per heavy atom. The van der Waals surface area contributed by atoms with Crippen molar-refractivity contribution in [2.75, 3.05) is 52.4 Å². The highest BCUT2D eigenvalue weighted by Crippen LogP contribution is 2.35. The normalized spacial score (nSPS) is 28.8. The van der Waals surface area contributed by atoms with Crippen molar-refractivity contribution in [3.8, 4) is 0 Å². The van der Waals surface area contributed by atoms with Crippen molar-refractivity contribution < 1.29 is 9.59 Å². The zero-order chi connectivity index (χ0) is 25.2. The van der Waals surface area contributed by atoms with Gasteiger partial charge in [0.05, 0.1) is 0 Å². The minimum absolute atomic E-state index is 0.248. The molecule has 0 aromatic heterocycles. The highest BCUT2D eigenvalue weighted by molar-refractivity contribution is 5.77. The standard InChI is InChI=1S/C29H52N4O2/c1-28(2,3)21-31-17-13-25(20-31)33-19-23(9-10-27(33)35)18-29(4,5)22-30-15-11-24(12-16-30)32-14-7-6-8-26(32)34/h23-25H,6-22H2,1-5H3/t23?,25-/m1/s1. The zero-order valence-corrected chi connectivity index (χ0v) is 23.4. The van der Waals surface area contributed by atoms with E-state index in [9.17, 15) is 9.59 Å². The molecule has 4 aliphatic rings. The van der Waals surface area contributed by atoms with E-state index in [1.807, 2.05) is 0 Å². The molecule has 4 aliphatic heterocycles. The average molecular weight is 489 g/mol. The summed E-state index contributed by atoms with van der Waals surface area (Å²) >= 11 is 0. The molecule has 0 saturated carbocycles. The minimum atomic E-state index is 0.248. The molecule has 4 heterocycles. The summed E-state index contributed by atoms with van der Waals surface area (Å²) in [7, 11) is 0. The molecular weight excluding hydrogens is 436 g/mol. The Bertz CT molecular complexity index is 737. The summed E-state index contributed by atoms with van der Waals surface area (Å²) in [6.07, 6.45) is 9.36. The molecule has 2 amide bonds. The fourth-order valence-electron chi connectivity index (χ4n) is 7.40. The molecule has 35 heavy (non-hydrogen) atoms. The van der Waals surface area contributed by atoms with Crippen LogP contribution in [-0.4, -0.2) is 95.9 Å². The lowest BCUT2D eigenvalue weighted by Gasteiger charge is -2.44. The minimum Gasteiger partial charge on any atom is -0.340 e. The second-order valence-corrected chi connectivity index (χ2v) is 14.1. The molecule has 0 aromatic rings. The van der Waals surface area contributed by atoms with Crippen LogP contribution in [0.25, 0.3) is 0 Å². The van der Waals surface area contributed by atoms with E-state index in [0.29, 0.717) is 35.2 Å². The van der Waals surface area contributed by atoms with Crippen LogP contribution in [0.1, 0.15) is 92.4 Å². The fourth-order valence-corrected chi connectivity index (χ4v) is 7.40. The molecule has 4 fully saturated rings. The maximum absolute atomic E-state index is 12.9. The van der Waals surface area contributed by atoms with E-state index < -0.39 is 0 Å². The monoisotopic (exact) mass is 488 g/mol. The first-order valence-corrected chi connectivity index (χ1v) is 14.5. The molecule has 1 unspecified atom stereocenters. The van der Waals surface area contributed by atoms with Crippen LogP contribution in [0.5, 0.6) is 0 Å². The van der Waals surface area contributed by atoms with Gasteiger partial charge in [-0.2, -0.15) is 0 Å². The molecule has 0 aliphatic carbocycles. The van der Waals surface area contributed by atoms with Crippen LogP contribution < -0.4 is 0 Å². The van der Waals surface area contributed by atoms with Crippen molar-refractivity contribution in [2.45, 2.75) is 104 Å². The van der Waals surface area contributed by atoms with E-state index in [1.54, 1.807) is 0 Å². The number of rotatable bonds is 7. The molecular formula is C29H52N4O2. The number of hydrogen-bond donors (Lipinski definition) is 0. The quantitative estimate of drug-likeness (QED) is 0.538. The Morgan fingerprint density at radius 3 is 2.03 bits per heavy atom. The van der Waals surface area contributed by atoms with Gasteiger partial charge in [0.1, 0.15) is 0 Å². The average Bonchev–Trinajstić information content (AvgIpc) is 3.22. The second-order valence-electron chi connectivity index (χ2n) is 14.1. The molecule has 0 radical (unpaired) electrons. The van der Waals surface area contributed by atoms with Gasteiger partial charge in [-0.3, -0.25) is 9.59 Å². The van der Waals surface area contributed by atoms with Crippen LogP contribution in [0.15, 0.2) is 0 Å². The summed E-state index contributed by atoms with van der Waals surface area (Å²) in [5.41, 5.74) is 0.559. The molecule has 0 aromatic carbocycles. The van der Waals surface area contributed by atoms with Gasteiger partial charge in [-0.05, 0) is 61.7 Å². The lowest BCUT2D eigenvalue weighted by atomic mass is 9.78. The van der Waals surface area contributed by atoms with Gasteiger partial charge in [-0.25, -0.2) is 0 Å². The van der Waals surface area contributed by atoms with Gasteiger partial charge in [-0.15, -0.1) is 0 Å². The first kappa shape index (κ1) is 26.9. The Labute approximate surface area is 214 Å². The molecule has 200 valence electrons. The van der Waals surface area contributed by atoms with Crippen molar-refractivity contribution in [1.82, 2.24) is 19.6 Å². The number of piperidine rings is 3. The van der Waals surface area contributed by atoms with Crippen LogP contribution >= 0.6 is 0 Å². The third-order valence-electron chi connectivity index (χ3n) is 8.78.